The highest BCUT2D eigenvalue weighted by Gasteiger charge is 2.48. The molecule has 0 N–H and O–H groups in total. The molecule has 0 amide bonds. The van der Waals surface area contributed by atoms with E-state index in [-0.39, 0.29) is 35.2 Å². The smallest absolute Gasteiger partial charge is 0.345 e. The maximum Gasteiger partial charge on any atom is 0.345 e. The zero-order chi connectivity index (χ0) is 31.2. The van der Waals surface area contributed by atoms with E-state index >= 15 is 0 Å². The molecule has 4 rings (SSSR count). The van der Waals surface area contributed by atoms with Gasteiger partial charge in [0, 0.05) is 13.2 Å². The SMILES string of the molecule is CCOC(OCC)[C@@H](CC[C@H](C)OC(=O)C[P+](c1ccccc1)(c1ccccc1)c1ccccc1)Oc1ccc(OC)cc1.[Br-]. The fourth-order valence-electron chi connectivity index (χ4n) is 5.35. The molecule has 8 heteroatoms. The molecule has 0 bridgehead atoms. The fourth-order valence-corrected chi connectivity index (χ4v) is 9.30. The van der Waals surface area contributed by atoms with Gasteiger partial charge < -0.3 is 40.7 Å². The summed E-state index contributed by atoms with van der Waals surface area (Å²) in [5.41, 5.74) is 0. The number of halogens is 1. The molecule has 0 radical (unpaired) electrons. The molecule has 0 fully saturated rings. The number of rotatable bonds is 17. The molecule has 0 saturated heterocycles. The highest BCUT2D eigenvalue weighted by molar-refractivity contribution is 7.96. The Morgan fingerprint density at radius 3 is 1.53 bits per heavy atom. The molecule has 0 heterocycles. The van der Waals surface area contributed by atoms with Crippen molar-refractivity contribution in [2.45, 2.75) is 52.1 Å². The molecular weight excluding hydrogens is 651 g/mol. The summed E-state index contributed by atoms with van der Waals surface area (Å²) in [6, 6.07) is 38.5. The zero-order valence-electron chi connectivity index (χ0n) is 26.5. The number of benzene rings is 4. The summed E-state index contributed by atoms with van der Waals surface area (Å²) in [6.07, 6.45) is 0.134. The van der Waals surface area contributed by atoms with Gasteiger partial charge >= 0.3 is 5.97 Å². The minimum Gasteiger partial charge on any atom is -1.00 e. The topological polar surface area (TPSA) is 63.2 Å². The second kappa shape index (κ2) is 18.7. The monoisotopic (exact) mass is 694 g/mol. The molecule has 0 spiro atoms. The van der Waals surface area contributed by atoms with Gasteiger partial charge in [-0.1, -0.05) is 54.6 Å². The first-order valence-electron chi connectivity index (χ1n) is 15.3. The van der Waals surface area contributed by atoms with Crippen molar-refractivity contribution < 1.29 is 45.5 Å². The van der Waals surface area contributed by atoms with Gasteiger partial charge in [-0.05, 0) is 94.3 Å². The summed E-state index contributed by atoms with van der Waals surface area (Å²) >= 11 is 0. The Hall–Kier alpha value is -3.22. The highest BCUT2D eigenvalue weighted by Crippen LogP contribution is 2.55. The van der Waals surface area contributed by atoms with E-state index in [0.29, 0.717) is 31.8 Å². The maximum atomic E-state index is 13.8. The third-order valence-electron chi connectivity index (χ3n) is 7.46. The highest BCUT2D eigenvalue weighted by atomic mass is 79.9. The van der Waals surface area contributed by atoms with Crippen LogP contribution in [0, 0.1) is 0 Å². The fraction of sp³-hybridized carbons (Fsp3) is 0.324. The number of methoxy groups -OCH3 is 1. The van der Waals surface area contributed by atoms with Gasteiger partial charge in [0.15, 0.2) is 12.5 Å². The summed E-state index contributed by atoms with van der Waals surface area (Å²) in [5, 5.41) is 3.43. The van der Waals surface area contributed by atoms with Crippen LogP contribution in [0.5, 0.6) is 11.5 Å². The summed E-state index contributed by atoms with van der Waals surface area (Å²) in [6.45, 7) is 6.78. The Balaban J connectivity index is 0.00000552. The minimum atomic E-state index is -2.34. The van der Waals surface area contributed by atoms with Crippen LogP contribution in [0.2, 0.25) is 0 Å². The van der Waals surface area contributed by atoms with Crippen LogP contribution in [-0.2, 0) is 19.0 Å². The van der Waals surface area contributed by atoms with Gasteiger partial charge in [-0.3, -0.25) is 0 Å². The molecule has 6 nitrogen and oxygen atoms in total. The standard InChI is InChI=1S/C37H44O6P.BrH/c1-5-40-37(41-6-2)35(43-31-25-23-30(39-4)24-26-31)27-22-29(3)42-36(38)28-44(32-16-10-7-11-17-32,33-18-12-8-13-19-33)34-20-14-9-15-21-34;/h7-21,23-26,29,35,37H,5-6,22,27-28H2,1-4H3;1H/q+1;/p-1/t29-,35+;/m0./s1. The maximum absolute atomic E-state index is 13.8. The molecule has 4 aromatic carbocycles. The van der Waals surface area contributed by atoms with Crippen molar-refractivity contribution in [3.8, 4) is 11.5 Å². The van der Waals surface area contributed by atoms with Gasteiger partial charge in [0.1, 0.15) is 40.8 Å². The van der Waals surface area contributed by atoms with Crippen LogP contribution < -0.4 is 42.4 Å². The summed E-state index contributed by atoms with van der Waals surface area (Å²) < 4.78 is 29.6. The number of hydrogen-bond donors (Lipinski definition) is 0. The second-order valence-electron chi connectivity index (χ2n) is 10.5. The summed E-state index contributed by atoms with van der Waals surface area (Å²) in [7, 11) is -0.707. The van der Waals surface area contributed by atoms with E-state index in [9.17, 15) is 4.79 Å². The van der Waals surface area contributed by atoms with Gasteiger partial charge in [0.2, 0.25) is 0 Å². The largest absolute Gasteiger partial charge is 1.00 e. The van der Waals surface area contributed by atoms with Crippen molar-refractivity contribution in [2.24, 2.45) is 0 Å². The quantitative estimate of drug-likeness (QED) is 0.0958. The van der Waals surface area contributed by atoms with E-state index in [1.807, 2.05) is 99.6 Å². The van der Waals surface area contributed by atoms with Crippen molar-refractivity contribution >= 4 is 29.1 Å². The van der Waals surface area contributed by atoms with Crippen molar-refractivity contribution in [1.29, 1.82) is 0 Å². The molecule has 2 atom stereocenters. The molecule has 45 heavy (non-hydrogen) atoms. The predicted molar refractivity (Wildman–Crippen MR) is 179 cm³/mol. The number of ether oxygens (including phenoxy) is 5. The molecule has 0 aliphatic rings. The van der Waals surface area contributed by atoms with E-state index in [1.165, 1.54) is 0 Å². The number of hydrogen-bond acceptors (Lipinski definition) is 6. The van der Waals surface area contributed by atoms with E-state index < -0.39 is 19.7 Å². The van der Waals surface area contributed by atoms with E-state index in [0.717, 1.165) is 21.7 Å². The average Bonchev–Trinajstić information content (AvgIpc) is 3.07. The van der Waals surface area contributed by atoms with Crippen LogP contribution >= 0.6 is 7.26 Å². The lowest BCUT2D eigenvalue weighted by atomic mass is 10.1. The van der Waals surface area contributed by atoms with Crippen LogP contribution in [-0.4, -0.2) is 51.0 Å². The number of carbonyl (C=O) groups is 1. The summed E-state index contributed by atoms with van der Waals surface area (Å²) in [4.78, 5) is 13.8. The molecule has 4 aromatic rings. The Labute approximate surface area is 279 Å². The molecule has 0 aliphatic heterocycles. The molecule has 0 aromatic heterocycles. The minimum absolute atomic E-state index is 0. The van der Waals surface area contributed by atoms with Gasteiger partial charge in [-0.15, -0.1) is 0 Å². The lowest BCUT2D eigenvalue weighted by molar-refractivity contribution is -0.185. The van der Waals surface area contributed by atoms with Crippen LogP contribution in [0.15, 0.2) is 115 Å². The first kappa shape index (κ1) is 36.3. The van der Waals surface area contributed by atoms with Crippen LogP contribution in [0.4, 0.5) is 0 Å². The Kier molecular flexibility index (Phi) is 15.0. The van der Waals surface area contributed by atoms with Crippen molar-refractivity contribution in [2.75, 3.05) is 26.5 Å². The van der Waals surface area contributed by atoms with Crippen LogP contribution in [0.3, 0.4) is 0 Å². The first-order valence-corrected chi connectivity index (χ1v) is 17.3. The predicted octanol–water partition coefficient (Wildman–Crippen LogP) is 3.55. The molecule has 0 unspecified atom stereocenters. The normalized spacial score (nSPS) is 12.6. The van der Waals surface area contributed by atoms with Gasteiger partial charge in [0.25, 0.3) is 0 Å². The van der Waals surface area contributed by atoms with E-state index in [1.54, 1.807) is 7.11 Å². The molecule has 0 aliphatic carbocycles. The Bertz CT molecular complexity index is 1290. The van der Waals surface area contributed by atoms with Gasteiger partial charge in [0.05, 0.1) is 13.2 Å². The second-order valence-corrected chi connectivity index (χ2v) is 13.9. The first-order chi connectivity index (χ1) is 21.5. The van der Waals surface area contributed by atoms with Crippen LogP contribution in [0.1, 0.15) is 33.6 Å². The zero-order valence-corrected chi connectivity index (χ0v) is 29.0. The third-order valence-corrected chi connectivity index (χ3v) is 11.7. The Morgan fingerprint density at radius 1 is 0.667 bits per heavy atom. The lowest BCUT2D eigenvalue weighted by Crippen LogP contribution is -3.00. The summed E-state index contributed by atoms with van der Waals surface area (Å²) in [5.74, 6) is 1.22. The van der Waals surface area contributed by atoms with Crippen LogP contribution in [0.25, 0.3) is 0 Å². The molecular formula is C37H44BrO6P. The molecule has 0 saturated carbocycles. The number of carbonyl (C=O) groups excluding carboxylic acids is 1. The lowest BCUT2D eigenvalue weighted by Gasteiger charge is -2.29. The third kappa shape index (κ3) is 9.88. The van der Waals surface area contributed by atoms with Crippen molar-refractivity contribution in [3.05, 3.63) is 115 Å². The molecule has 240 valence electrons. The van der Waals surface area contributed by atoms with Crippen molar-refractivity contribution in [3.63, 3.8) is 0 Å². The Morgan fingerprint density at radius 2 is 1.11 bits per heavy atom. The number of esters is 1. The van der Waals surface area contributed by atoms with Crippen molar-refractivity contribution in [1.82, 2.24) is 0 Å². The van der Waals surface area contributed by atoms with Gasteiger partial charge in [-0.2, -0.15) is 0 Å². The van der Waals surface area contributed by atoms with Gasteiger partial charge in [-0.25, -0.2) is 4.79 Å². The van der Waals surface area contributed by atoms with E-state index in [2.05, 4.69) is 36.4 Å². The van der Waals surface area contributed by atoms with E-state index in [4.69, 9.17) is 23.7 Å². The average molecular weight is 696 g/mol.